The van der Waals surface area contributed by atoms with Crippen LogP contribution in [0.1, 0.15) is 53.6 Å². The van der Waals surface area contributed by atoms with Crippen molar-refractivity contribution < 1.29 is 9.53 Å². The van der Waals surface area contributed by atoms with Crippen molar-refractivity contribution in [3.8, 4) is 5.75 Å². The molecule has 142 valence electrons. The van der Waals surface area contributed by atoms with E-state index >= 15 is 0 Å². The number of hydrogen-bond donors (Lipinski definition) is 1. The smallest absolute Gasteiger partial charge is 0.251 e. The summed E-state index contributed by atoms with van der Waals surface area (Å²) in [6.07, 6.45) is 6.59. The van der Waals surface area contributed by atoms with Gasteiger partial charge in [0.15, 0.2) is 0 Å². The van der Waals surface area contributed by atoms with Gasteiger partial charge >= 0.3 is 0 Å². The molecule has 2 aliphatic rings. The van der Waals surface area contributed by atoms with Crippen LogP contribution in [0.5, 0.6) is 5.75 Å². The van der Waals surface area contributed by atoms with E-state index in [9.17, 15) is 4.79 Å². The van der Waals surface area contributed by atoms with Crippen LogP contribution in [-0.2, 0) is 13.1 Å². The molecule has 1 amide bonds. The van der Waals surface area contributed by atoms with Crippen LogP contribution in [0.25, 0.3) is 0 Å². The van der Waals surface area contributed by atoms with Crippen LogP contribution in [0, 0.1) is 0 Å². The van der Waals surface area contributed by atoms with Crippen LogP contribution in [0.4, 0.5) is 0 Å². The van der Waals surface area contributed by atoms with Gasteiger partial charge in [-0.25, -0.2) is 0 Å². The molecule has 4 heteroatoms. The minimum Gasteiger partial charge on any atom is -0.492 e. The lowest BCUT2D eigenvalue weighted by atomic mass is 9.94. The number of nitrogens with one attached hydrogen (secondary N) is 1. The van der Waals surface area contributed by atoms with Crippen LogP contribution in [0.3, 0.4) is 0 Å². The minimum absolute atomic E-state index is 0.0323. The Bertz CT molecular complexity index is 769. The molecule has 2 aromatic rings. The van der Waals surface area contributed by atoms with Crippen molar-refractivity contribution in [3.63, 3.8) is 0 Å². The summed E-state index contributed by atoms with van der Waals surface area (Å²) in [7, 11) is 0. The predicted octanol–water partition coefficient (Wildman–Crippen LogP) is 4.14. The summed E-state index contributed by atoms with van der Waals surface area (Å²) in [5.74, 6) is 0.892. The highest BCUT2D eigenvalue weighted by Gasteiger charge is 2.24. The molecule has 1 aliphatic carbocycles. The van der Waals surface area contributed by atoms with E-state index in [0.29, 0.717) is 18.2 Å². The molecular weight excluding hydrogens is 336 g/mol. The standard InChI is InChI=1S/C23H28N2O2/c26-23(24-16-18-7-3-1-4-8-18)19-11-12-22-20(15-19)17-25(13-14-27-22)21-9-5-2-6-10-21/h1,3-4,7-8,11-12,15,21H,2,5-6,9-10,13-14,16-17H2,(H,24,26). The first-order chi connectivity index (χ1) is 13.3. The number of benzene rings is 2. The Morgan fingerprint density at radius 1 is 1.07 bits per heavy atom. The summed E-state index contributed by atoms with van der Waals surface area (Å²) in [5, 5.41) is 3.02. The third-order valence-electron chi connectivity index (χ3n) is 5.72. The Labute approximate surface area is 161 Å². The number of fused-ring (bicyclic) bond motifs is 1. The van der Waals surface area contributed by atoms with Crippen LogP contribution in [0.15, 0.2) is 48.5 Å². The number of carbonyl (C=O) groups is 1. The van der Waals surface area contributed by atoms with Crippen molar-refractivity contribution in [1.29, 1.82) is 0 Å². The highest BCUT2D eigenvalue weighted by molar-refractivity contribution is 5.94. The fourth-order valence-electron chi connectivity index (χ4n) is 4.19. The third kappa shape index (κ3) is 4.51. The van der Waals surface area contributed by atoms with Gasteiger partial charge in [-0.15, -0.1) is 0 Å². The van der Waals surface area contributed by atoms with Crippen molar-refractivity contribution in [2.75, 3.05) is 13.2 Å². The van der Waals surface area contributed by atoms with Crippen molar-refractivity contribution in [3.05, 3.63) is 65.2 Å². The molecule has 1 aliphatic heterocycles. The molecule has 27 heavy (non-hydrogen) atoms. The Hall–Kier alpha value is -2.33. The number of amides is 1. The second-order valence-corrected chi connectivity index (χ2v) is 7.60. The highest BCUT2D eigenvalue weighted by atomic mass is 16.5. The van der Waals surface area contributed by atoms with Crippen LogP contribution >= 0.6 is 0 Å². The number of carbonyl (C=O) groups excluding carboxylic acids is 1. The average Bonchev–Trinajstić information content (AvgIpc) is 2.95. The van der Waals surface area contributed by atoms with Crippen LogP contribution < -0.4 is 10.1 Å². The molecule has 0 unspecified atom stereocenters. The lowest BCUT2D eigenvalue weighted by molar-refractivity contribution is 0.0950. The van der Waals surface area contributed by atoms with E-state index in [1.165, 1.54) is 32.1 Å². The van der Waals surface area contributed by atoms with Gasteiger partial charge in [0.2, 0.25) is 0 Å². The quantitative estimate of drug-likeness (QED) is 0.886. The summed E-state index contributed by atoms with van der Waals surface area (Å²) in [6, 6.07) is 16.5. The van der Waals surface area contributed by atoms with E-state index in [-0.39, 0.29) is 5.91 Å². The summed E-state index contributed by atoms with van der Waals surface area (Å²) in [5.41, 5.74) is 2.94. The SMILES string of the molecule is O=C(NCc1ccccc1)c1ccc2c(c1)CN(C1CCCCC1)CCO2. The molecule has 4 rings (SSSR count). The molecule has 0 bridgehead atoms. The van der Waals surface area contributed by atoms with E-state index in [4.69, 9.17) is 4.74 Å². The van der Waals surface area contributed by atoms with E-state index in [1.54, 1.807) is 0 Å². The zero-order valence-corrected chi connectivity index (χ0v) is 15.8. The molecule has 1 fully saturated rings. The molecule has 4 nitrogen and oxygen atoms in total. The molecule has 0 atom stereocenters. The summed E-state index contributed by atoms with van der Waals surface area (Å²) < 4.78 is 5.96. The van der Waals surface area contributed by atoms with Gasteiger partial charge in [0, 0.05) is 36.8 Å². The maximum Gasteiger partial charge on any atom is 0.251 e. The lowest BCUT2D eigenvalue weighted by Crippen LogP contribution is -2.37. The highest BCUT2D eigenvalue weighted by Crippen LogP contribution is 2.29. The Balaban J connectivity index is 1.45. The molecule has 0 spiro atoms. The van der Waals surface area contributed by atoms with E-state index in [0.717, 1.165) is 36.6 Å². The first kappa shape index (κ1) is 18.1. The van der Waals surface area contributed by atoms with Crippen molar-refractivity contribution in [2.45, 2.75) is 51.2 Å². The molecule has 0 aromatic heterocycles. The number of nitrogens with zero attached hydrogens (tertiary/aromatic N) is 1. The largest absolute Gasteiger partial charge is 0.492 e. The molecule has 1 saturated carbocycles. The van der Waals surface area contributed by atoms with Gasteiger partial charge in [-0.1, -0.05) is 49.6 Å². The summed E-state index contributed by atoms with van der Waals surface area (Å²) in [4.78, 5) is 15.2. The van der Waals surface area contributed by atoms with Crippen molar-refractivity contribution in [1.82, 2.24) is 10.2 Å². The summed E-state index contributed by atoms with van der Waals surface area (Å²) >= 11 is 0. The normalized spacial score (nSPS) is 18.2. The van der Waals surface area contributed by atoms with Gasteiger partial charge in [0.1, 0.15) is 12.4 Å². The average molecular weight is 364 g/mol. The first-order valence-corrected chi connectivity index (χ1v) is 10.1. The molecule has 0 radical (unpaired) electrons. The van der Waals surface area contributed by atoms with E-state index in [2.05, 4.69) is 10.2 Å². The molecule has 1 N–H and O–H groups in total. The monoisotopic (exact) mass is 364 g/mol. The fraction of sp³-hybridized carbons (Fsp3) is 0.435. The third-order valence-corrected chi connectivity index (χ3v) is 5.72. The maximum atomic E-state index is 12.6. The number of ether oxygens (including phenoxy) is 1. The second kappa shape index (κ2) is 8.57. The van der Waals surface area contributed by atoms with Gasteiger partial charge < -0.3 is 10.1 Å². The predicted molar refractivity (Wildman–Crippen MR) is 107 cm³/mol. The molecule has 2 aromatic carbocycles. The lowest BCUT2D eigenvalue weighted by Gasteiger charge is -2.33. The molecule has 0 saturated heterocycles. The number of rotatable bonds is 4. The number of hydrogen-bond acceptors (Lipinski definition) is 3. The zero-order chi connectivity index (χ0) is 18.5. The van der Waals surface area contributed by atoms with Gasteiger partial charge in [0.25, 0.3) is 5.91 Å². The molecular formula is C23H28N2O2. The van der Waals surface area contributed by atoms with Gasteiger partial charge in [-0.3, -0.25) is 9.69 Å². The molecule has 1 heterocycles. The summed E-state index contributed by atoms with van der Waals surface area (Å²) in [6.45, 7) is 3.11. The Morgan fingerprint density at radius 3 is 2.70 bits per heavy atom. The van der Waals surface area contributed by atoms with E-state index in [1.807, 2.05) is 48.5 Å². The second-order valence-electron chi connectivity index (χ2n) is 7.60. The van der Waals surface area contributed by atoms with Gasteiger partial charge in [0.05, 0.1) is 0 Å². The van der Waals surface area contributed by atoms with E-state index < -0.39 is 0 Å². The van der Waals surface area contributed by atoms with Crippen LogP contribution in [-0.4, -0.2) is 30.0 Å². The Morgan fingerprint density at radius 2 is 1.89 bits per heavy atom. The van der Waals surface area contributed by atoms with Crippen molar-refractivity contribution >= 4 is 5.91 Å². The Kier molecular flexibility index (Phi) is 5.73. The fourth-order valence-corrected chi connectivity index (χ4v) is 4.19. The topological polar surface area (TPSA) is 41.6 Å². The van der Waals surface area contributed by atoms with Gasteiger partial charge in [-0.2, -0.15) is 0 Å². The zero-order valence-electron chi connectivity index (χ0n) is 15.8. The maximum absolute atomic E-state index is 12.6. The van der Waals surface area contributed by atoms with Crippen molar-refractivity contribution in [2.24, 2.45) is 0 Å². The van der Waals surface area contributed by atoms with Gasteiger partial charge in [-0.05, 0) is 36.6 Å². The first-order valence-electron chi connectivity index (χ1n) is 10.1. The van der Waals surface area contributed by atoms with Crippen LogP contribution in [0.2, 0.25) is 0 Å². The minimum atomic E-state index is -0.0323.